The Hall–Kier alpha value is -2.62. The molecule has 0 amide bonds. The van der Waals surface area contributed by atoms with E-state index in [1.165, 1.54) is 73.8 Å². The van der Waals surface area contributed by atoms with Gasteiger partial charge >= 0.3 is 0 Å². The maximum Gasteiger partial charge on any atom is 0.204 e. The SMILES string of the molecule is CCCC1(C)C=CC(CCc2ccc(C3CCC4CC(COc5ccc(OCC)c(F)c5F)CCC4C3)cc2)=CC1. The summed E-state index contributed by atoms with van der Waals surface area (Å²) in [6, 6.07) is 12.4. The largest absolute Gasteiger partial charge is 0.491 e. The third-order valence-electron chi connectivity index (χ3n) is 10.0. The number of allylic oxidation sites excluding steroid dienone is 4. The van der Waals surface area contributed by atoms with Crippen LogP contribution < -0.4 is 9.47 Å². The number of aryl methyl sites for hydroxylation is 1. The molecule has 2 aromatic rings. The van der Waals surface area contributed by atoms with Gasteiger partial charge in [0.15, 0.2) is 11.5 Å². The molecule has 0 aliphatic heterocycles. The first-order chi connectivity index (χ1) is 19.9. The van der Waals surface area contributed by atoms with E-state index in [9.17, 15) is 8.78 Å². The van der Waals surface area contributed by atoms with E-state index in [4.69, 9.17) is 9.47 Å². The average Bonchev–Trinajstić information content (AvgIpc) is 2.99. The molecule has 3 aliphatic rings. The maximum absolute atomic E-state index is 14.4. The first kappa shape index (κ1) is 29.9. The van der Waals surface area contributed by atoms with Crippen LogP contribution in [0.5, 0.6) is 11.5 Å². The summed E-state index contributed by atoms with van der Waals surface area (Å²) in [6.07, 6.45) is 20.3. The van der Waals surface area contributed by atoms with E-state index < -0.39 is 11.6 Å². The van der Waals surface area contributed by atoms with Crippen LogP contribution in [-0.4, -0.2) is 13.2 Å². The lowest BCUT2D eigenvalue weighted by Gasteiger charge is -2.42. The van der Waals surface area contributed by atoms with Gasteiger partial charge in [-0.05, 0) is 123 Å². The van der Waals surface area contributed by atoms with Crippen molar-refractivity contribution >= 4 is 0 Å². The number of ether oxygens (including phenoxy) is 2. The standard InChI is InChI=1S/C37H48F2O2/c1-4-20-37(3)21-18-27(19-22-37)7-6-26-8-11-29(12-9-26)31-15-14-30-23-28(10-13-32(30)24-31)25-41-34-17-16-33(40-5-2)35(38)36(34)39/h8-9,11-12,16-19,21,28,30-32H,4-7,10,13-15,20,22-25H2,1-3H3. The van der Waals surface area contributed by atoms with Gasteiger partial charge in [-0.25, -0.2) is 0 Å². The van der Waals surface area contributed by atoms with Crippen molar-refractivity contribution in [2.24, 2.45) is 23.2 Å². The van der Waals surface area contributed by atoms with Crippen LogP contribution in [-0.2, 0) is 6.42 Å². The molecule has 0 aromatic heterocycles. The molecule has 5 unspecified atom stereocenters. The van der Waals surface area contributed by atoms with Gasteiger partial charge in [0.1, 0.15) is 0 Å². The van der Waals surface area contributed by atoms with Gasteiger partial charge in [0.25, 0.3) is 0 Å². The first-order valence-electron chi connectivity index (χ1n) is 16.1. The molecule has 2 fully saturated rings. The summed E-state index contributed by atoms with van der Waals surface area (Å²) in [4.78, 5) is 0. The highest BCUT2D eigenvalue weighted by Gasteiger charge is 2.36. The number of halogens is 2. The normalized spacial score (nSPS) is 27.7. The van der Waals surface area contributed by atoms with E-state index in [0.717, 1.165) is 31.6 Å². The van der Waals surface area contributed by atoms with E-state index in [-0.39, 0.29) is 11.5 Å². The number of fused-ring (bicyclic) bond motifs is 1. The van der Waals surface area contributed by atoms with Gasteiger partial charge < -0.3 is 9.47 Å². The summed E-state index contributed by atoms with van der Waals surface area (Å²) in [5.41, 5.74) is 4.77. The van der Waals surface area contributed by atoms with Gasteiger partial charge in [0, 0.05) is 0 Å². The van der Waals surface area contributed by atoms with Crippen LogP contribution in [0, 0.1) is 34.8 Å². The zero-order valence-corrected chi connectivity index (χ0v) is 25.3. The van der Waals surface area contributed by atoms with Gasteiger partial charge in [-0.1, -0.05) is 68.3 Å². The topological polar surface area (TPSA) is 18.5 Å². The number of hydrogen-bond acceptors (Lipinski definition) is 2. The average molecular weight is 563 g/mol. The number of rotatable bonds is 11. The lowest BCUT2D eigenvalue weighted by Crippen LogP contribution is -2.32. The van der Waals surface area contributed by atoms with Crippen LogP contribution in [0.2, 0.25) is 0 Å². The maximum atomic E-state index is 14.4. The Kier molecular flexibility index (Phi) is 9.88. The van der Waals surface area contributed by atoms with Gasteiger partial charge in [-0.3, -0.25) is 0 Å². The van der Waals surface area contributed by atoms with Crippen LogP contribution >= 0.6 is 0 Å². The second-order valence-electron chi connectivity index (χ2n) is 13.1. The molecule has 41 heavy (non-hydrogen) atoms. The third kappa shape index (κ3) is 7.43. The van der Waals surface area contributed by atoms with E-state index in [2.05, 4.69) is 56.3 Å². The Labute approximate surface area is 246 Å². The predicted molar refractivity (Wildman–Crippen MR) is 164 cm³/mol. The molecule has 5 atom stereocenters. The minimum atomic E-state index is -0.965. The first-order valence-corrected chi connectivity index (χ1v) is 16.1. The molecule has 0 N–H and O–H groups in total. The fraction of sp³-hybridized carbons (Fsp3) is 0.568. The van der Waals surface area contributed by atoms with Crippen LogP contribution in [0.15, 0.2) is 60.2 Å². The molecule has 0 heterocycles. The summed E-state index contributed by atoms with van der Waals surface area (Å²) in [5.74, 6) is 0.534. The molecule has 0 saturated heterocycles. The Balaban J connectivity index is 1.07. The van der Waals surface area contributed by atoms with Crippen molar-refractivity contribution < 1.29 is 18.3 Å². The molecular weight excluding hydrogens is 514 g/mol. The molecule has 3 aliphatic carbocycles. The van der Waals surface area contributed by atoms with Gasteiger partial charge in [0.05, 0.1) is 13.2 Å². The van der Waals surface area contributed by atoms with Crippen molar-refractivity contribution in [2.75, 3.05) is 13.2 Å². The summed E-state index contributed by atoms with van der Waals surface area (Å²) >= 11 is 0. The molecular formula is C37H48F2O2. The van der Waals surface area contributed by atoms with Crippen molar-refractivity contribution in [3.05, 3.63) is 83.0 Å². The minimum absolute atomic E-state index is 0.0119. The Morgan fingerprint density at radius 1 is 0.829 bits per heavy atom. The van der Waals surface area contributed by atoms with Crippen molar-refractivity contribution in [3.8, 4) is 11.5 Å². The van der Waals surface area contributed by atoms with Crippen molar-refractivity contribution in [1.29, 1.82) is 0 Å². The number of hydrogen-bond donors (Lipinski definition) is 0. The molecule has 5 rings (SSSR count). The highest BCUT2D eigenvalue weighted by atomic mass is 19.2. The number of benzene rings is 2. The zero-order valence-electron chi connectivity index (χ0n) is 25.3. The lowest BCUT2D eigenvalue weighted by atomic mass is 9.64. The Morgan fingerprint density at radius 3 is 2.22 bits per heavy atom. The van der Waals surface area contributed by atoms with Gasteiger partial charge in [-0.2, -0.15) is 8.78 Å². The predicted octanol–water partition coefficient (Wildman–Crippen LogP) is 10.4. The second-order valence-corrected chi connectivity index (χ2v) is 13.1. The third-order valence-corrected chi connectivity index (χ3v) is 10.0. The highest BCUT2D eigenvalue weighted by molar-refractivity contribution is 5.35. The molecule has 0 bridgehead atoms. The molecule has 2 aromatic carbocycles. The monoisotopic (exact) mass is 562 g/mol. The van der Waals surface area contributed by atoms with Crippen LogP contribution in [0.25, 0.3) is 0 Å². The van der Waals surface area contributed by atoms with Crippen LogP contribution in [0.3, 0.4) is 0 Å². The Morgan fingerprint density at radius 2 is 1.54 bits per heavy atom. The van der Waals surface area contributed by atoms with Crippen molar-refractivity contribution in [1.82, 2.24) is 0 Å². The molecule has 0 spiro atoms. The summed E-state index contributed by atoms with van der Waals surface area (Å²) in [7, 11) is 0. The zero-order chi connectivity index (χ0) is 28.8. The molecule has 2 nitrogen and oxygen atoms in total. The van der Waals surface area contributed by atoms with Crippen molar-refractivity contribution in [2.45, 2.75) is 97.3 Å². The van der Waals surface area contributed by atoms with Crippen molar-refractivity contribution in [3.63, 3.8) is 0 Å². The summed E-state index contributed by atoms with van der Waals surface area (Å²) in [6.45, 7) is 7.14. The van der Waals surface area contributed by atoms with E-state index >= 15 is 0 Å². The summed E-state index contributed by atoms with van der Waals surface area (Å²) < 4.78 is 39.6. The Bertz CT molecular complexity index is 1220. The van der Waals surface area contributed by atoms with E-state index in [1.807, 2.05) is 0 Å². The smallest absolute Gasteiger partial charge is 0.204 e. The van der Waals surface area contributed by atoms with E-state index in [1.54, 1.807) is 6.92 Å². The van der Waals surface area contributed by atoms with Gasteiger partial charge in [-0.15, -0.1) is 0 Å². The quantitative estimate of drug-likeness (QED) is 0.271. The van der Waals surface area contributed by atoms with Crippen LogP contribution in [0.4, 0.5) is 8.78 Å². The molecule has 4 heteroatoms. The second kappa shape index (κ2) is 13.6. The molecule has 2 saturated carbocycles. The fourth-order valence-corrected chi connectivity index (χ4v) is 7.54. The van der Waals surface area contributed by atoms with E-state index in [0.29, 0.717) is 36.4 Å². The van der Waals surface area contributed by atoms with Crippen LogP contribution in [0.1, 0.15) is 102 Å². The van der Waals surface area contributed by atoms with Gasteiger partial charge in [0.2, 0.25) is 11.6 Å². The summed E-state index contributed by atoms with van der Waals surface area (Å²) in [5, 5.41) is 0. The molecule has 0 radical (unpaired) electrons. The highest BCUT2D eigenvalue weighted by Crippen LogP contribution is 2.48. The molecule has 222 valence electrons. The fourth-order valence-electron chi connectivity index (χ4n) is 7.54. The lowest BCUT2D eigenvalue weighted by molar-refractivity contribution is 0.0901. The minimum Gasteiger partial charge on any atom is -0.491 e.